The van der Waals surface area contributed by atoms with Gasteiger partial charge in [-0.1, -0.05) is 103 Å². The highest BCUT2D eigenvalue weighted by Gasteiger charge is 2.38. The fraction of sp³-hybridized carbons (Fsp3) is 0.404. The first-order valence-electron chi connectivity index (χ1n) is 22.8. The summed E-state index contributed by atoms with van der Waals surface area (Å²) in [5.41, 5.74) is 10.4. The van der Waals surface area contributed by atoms with E-state index in [9.17, 15) is 14.4 Å². The number of H-pyrrole nitrogens is 2. The molecular weight excluding hydrogens is 801 g/mol. The maximum atomic E-state index is 13.7. The highest BCUT2D eigenvalue weighted by atomic mass is 16.5. The minimum Gasteiger partial charge on any atom is -0.453 e. The summed E-state index contributed by atoms with van der Waals surface area (Å²) in [6.07, 6.45) is 7.17. The molecular formula is C52H62N8O4. The lowest BCUT2D eigenvalue weighted by Gasteiger charge is -2.30. The Morgan fingerprint density at radius 1 is 0.734 bits per heavy atom. The topological polar surface area (TPSA) is 141 Å². The van der Waals surface area contributed by atoms with Crippen LogP contribution in [0.2, 0.25) is 0 Å². The van der Waals surface area contributed by atoms with Crippen LogP contribution in [0.3, 0.4) is 0 Å². The molecule has 0 unspecified atom stereocenters. The third-order valence-corrected chi connectivity index (χ3v) is 12.7. The van der Waals surface area contributed by atoms with Gasteiger partial charge >= 0.3 is 6.09 Å². The first-order chi connectivity index (χ1) is 30.7. The number of aromatic amines is 2. The Morgan fingerprint density at radius 2 is 1.30 bits per heavy atom. The highest BCUT2D eigenvalue weighted by molar-refractivity contribution is 5.86. The second kappa shape index (κ2) is 18.3. The molecule has 2 saturated heterocycles. The molecule has 12 nitrogen and oxygen atoms in total. The van der Waals surface area contributed by atoms with Gasteiger partial charge < -0.3 is 34.4 Å². The molecule has 12 heteroatoms. The van der Waals surface area contributed by atoms with Gasteiger partial charge in [-0.3, -0.25) is 9.59 Å². The van der Waals surface area contributed by atoms with Gasteiger partial charge in [0.1, 0.15) is 17.7 Å². The predicted molar refractivity (Wildman–Crippen MR) is 252 cm³/mol. The summed E-state index contributed by atoms with van der Waals surface area (Å²) in [5.74, 6) is 1.84. The lowest BCUT2D eigenvalue weighted by molar-refractivity contribution is -0.135. The highest BCUT2D eigenvalue weighted by Crippen LogP contribution is 2.38. The number of ether oxygens (including phenoxy) is 1. The molecule has 0 radical (unpaired) electrons. The van der Waals surface area contributed by atoms with Crippen LogP contribution in [0.25, 0.3) is 50.7 Å². The van der Waals surface area contributed by atoms with Crippen molar-refractivity contribution in [3.05, 3.63) is 115 Å². The molecule has 64 heavy (non-hydrogen) atoms. The van der Waals surface area contributed by atoms with E-state index in [4.69, 9.17) is 14.7 Å². The number of likely N-dealkylation sites (tertiary alicyclic amines) is 2. The number of benzene rings is 3. The van der Waals surface area contributed by atoms with Gasteiger partial charge in [0, 0.05) is 30.8 Å². The summed E-state index contributed by atoms with van der Waals surface area (Å²) in [4.78, 5) is 59.4. The maximum absolute atomic E-state index is 13.7. The van der Waals surface area contributed by atoms with E-state index in [2.05, 4.69) is 139 Å². The van der Waals surface area contributed by atoms with Crippen molar-refractivity contribution in [2.24, 2.45) is 11.8 Å². The van der Waals surface area contributed by atoms with Crippen LogP contribution in [0, 0.1) is 11.8 Å². The first-order valence-corrected chi connectivity index (χ1v) is 22.8. The number of imidazole rings is 2. The standard InChI is InChI=1S/C52H62N8O4/c1-32(2)28-46(61)58-26-10-14-44(58)48-54-31-41(56-48)36-12-9-13-37(29-36)43-25-24-42(60(43)39-22-20-38(21-23-39)52(5,6)7)35-18-16-34(17-19-35)40-30-53-49(55-40)45-15-11-27-59(45)50(62)47(33(3)4)57-51(63)64-8/h9,12-13,16-25,29-33,44-45,47H,10-11,14-15,26-28H2,1-8H3,(H,53,55)(H,54,56)(H,57,63)/t44-,45-,47-/m0/s1. The van der Waals surface area contributed by atoms with Crippen molar-refractivity contribution in [3.8, 4) is 50.7 Å². The number of nitrogens with one attached hydrogen (secondary N) is 3. The molecule has 2 aliphatic heterocycles. The van der Waals surface area contributed by atoms with E-state index in [0.717, 1.165) is 94.6 Å². The van der Waals surface area contributed by atoms with Gasteiger partial charge in [-0.15, -0.1) is 0 Å². The van der Waals surface area contributed by atoms with Gasteiger partial charge in [0.2, 0.25) is 11.8 Å². The molecule has 3 atom stereocenters. The number of carbonyl (C=O) groups is 3. The average Bonchev–Trinajstić information content (AvgIpc) is 4.14. The predicted octanol–water partition coefficient (Wildman–Crippen LogP) is 10.6. The van der Waals surface area contributed by atoms with Crippen molar-refractivity contribution in [2.75, 3.05) is 20.2 Å². The summed E-state index contributed by atoms with van der Waals surface area (Å²) < 4.78 is 7.13. The monoisotopic (exact) mass is 862 g/mol. The molecule has 0 bridgehead atoms. The molecule has 2 aliphatic rings. The van der Waals surface area contributed by atoms with Crippen LogP contribution < -0.4 is 5.32 Å². The Bertz CT molecular complexity index is 2590. The quantitative estimate of drug-likeness (QED) is 0.112. The Morgan fingerprint density at radius 3 is 1.89 bits per heavy atom. The van der Waals surface area contributed by atoms with Crippen molar-refractivity contribution >= 4 is 17.9 Å². The normalized spacial score (nSPS) is 17.1. The van der Waals surface area contributed by atoms with Crippen LogP contribution in [0.5, 0.6) is 0 Å². The Kier molecular flexibility index (Phi) is 12.7. The Hall–Kier alpha value is -6.43. The first kappa shape index (κ1) is 44.2. The number of amides is 3. The second-order valence-corrected chi connectivity index (χ2v) is 19.1. The number of nitrogens with zero attached hydrogens (tertiary/aromatic N) is 5. The van der Waals surface area contributed by atoms with Gasteiger partial charge in [0.15, 0.2) is 0 Å². The van der Waals surface area contributed by atoms with Crippen LogP contribution in [0.1, 0.15) is 110 Å². The number of aromatic nitrogens is 5. The van der Waals surface area contributed by atoms with E-state index >= 15 is 0 Å². The molecule has 2 fully saturated rings. The fourth-order valence-corrected chi connectivity index (χ4v) is 9.26. The number of alkyl carbamates (subject to hydrolysis) is 1. The van der Waals surface area contributed by atoms with Crippen molar-refractivity contribution in [2.45, 2.75) is 104 Å². The van der Waals surface area contributed by atoms with Crippen molar-refractivity contribution in [1.82, 2.24) is 39.6 Å². The lowest BCUT2D eigenvalue weighted by Crippen LogP contribution is -2.51. The number of hydrogen-bond acceptors (Lipinski definition) is 6. The van der Waals surface area contributed by atoms with Crippen molar-refractivity contribution in [3.63, 3.8) is 0 Å². The second-order valence-electron chi connectivity index (χ2n) is 19.1. The SMILES string of the molecule is COC(=O)N[C@H](C(=O)N1CCC[C@H]1c1ncc(-c2ccc(-c3ccc(-c4cccc(-c5cnc([C@@H]6CCCN6C(=O)CC(C)C)[nH]5)c4)n3-c3ccc(C(C)(C)C)cc3)cc2)[nH]1)C(C)C. The van der Waals surface area contributed by atoms with Gasteiger partial charge in [-0.25, -0.2) is 14.8 Å². The van der Waals surface area contributed by atoms with Crippen LogP contribution in [0.15, 0.2) is 97.3 Å². The molecule has 8 rings (SSSR count). The van der Waals surface area contributed by atoms with Crippen LogP contribution >= 0.6 is 0 Å². The smallest absolute Gasteiger partial charge is 0.407 e. The molecule has 3 aromatic heterocycles. The van der Waals surface area contributed by atoms with E-state index in [1.165, 1.54) is 12.7 Å². The van der Waals surface area contributed by atoms with Gasteiger partial charge in [0.05, 0.1) is 54.4 Å². The zero-order valence-electron chi connectivity index (χ0n) is 38.4. The molecule has 3 N–H and O–H groups in total. The molecule has 0 aliphatic carbocycles. The summed E-state index contributed by atoms with van der Waals surface area (Å²) in [5, 5.41) is 2.73. The average molecular weight is 863 g/mol. The Balaban J connectivity index is 1.08. The molecule has 5 heterocycles. The minimum atomic E-state index is -0.694. The fourth-order valence-electron chi connectivity index (χ4n) is 9.26. The maximum Gasteiger partial charge on any atom is 0.407 e. The number of hydrogen-bond donors (Lipinski definition) is 3. The minimum absolute atomic E-state index is 0.0154. The van der Waals surface area contributed by atoms with Crippen molar-refractivity contribution in [1.29, 1.82) is 0 Å². The zero-order chi connectivity index (χ0) is 45.3. The number of rotatable bonds is 12. The Labute approximate surface area is 376 Å². The van der Waals surface area contributed by atoms with Crippen LogP contribution in [-0.4, -0.2) is 78.5 Å². The van der Waals surface area contributed by atoms with E-state index in [1.807, 2.05) is 36.0 Å². The van der Waals surface area contributed by atoms with Crippen LogP contribution in [0.4, 0.5) is 4.79 Å². The van der Waals surface area contributed by atoms with E-state index < -0.39 is 12.1 Å². The van der Waals surface area contributed by atoms with E-state index in [1.54, 1.807) is 0 Å². The number of methoxy groups -OCH3 is 1. The van der Waals surface area contributed by atoms with E-state index in [-0.39, 0.29) is 35.2 Å². The third-order valence-electron chi connectivity index (χ3n) is 12.7. The molecule has 3 amide bonds. The van der Waals surface area contributed by atoms with Gasteiger partial charge in [0.25, 0.3) is 0 Å². The molecule has 3 aromatic carbocycles. The molecule has 334 valence electrons. The molecule has 0 spiro atoms. The summed E-state index contributed by atoms with van der Waals surface area (Å²) in [7, 11) is 1.30. The summed E-state index contributed by atoms with van der Waals surface area (Å²) in [6, 6.07) is 29.4. The third kappa shape index (κ3) is 9.14. The van der Waals surface area contributed by atoms with Crippen molar-refractivity contribution < 1.29 is 19.1 Å². The van der Waals surface area contributed by atoms with E-state index in [0.29, 0.717) is 18.9 Å². The van der Waals surface area contributed by atoms with Gasteiger partial charge in [-0.05, 0) is 95.5 Å². The summed E-state index contributed by atoms with van der Waals surface area (Å²) >= 11 is 0. The lowest BCUT2D eigenvalue weighted by atomic mass is 9.87. The summed E-state index contributed by atoms with van der Waals surface area (Å²) in [6.45, 7) is 16.1. The molecule has 6 aromatic rings. The largest absolute Gasteiger partial charge is 0.453 e. The van der Waals surface area contributed by atoms with Gasteiger partial charge in [-0.2, -0.15) is 0 Å². The zero-order valence-corrected chi connectivity index (χ0v) is 38.4. The molecule has 0 saturated carbocycles. The number of carbonyl (C=O) groups excluding carboxylic acids is 3. The van der Waals surface area contributed by atoms with Crippen LogP contribution in [-0.2, 0) is 19.7 Å².